The molecule has 1 aliphatic carbocycles. The van der Waals surface area contributed by atoms with E-state index in [0.717, 1.165) is 19.4 Å². The summed E-state index contributed by atoms with van der Waals surface area (Å²) in [5, 5.41) is 3.16. The molecular weight excluding hydrogens is 248 g/mol. The minimum absolute atomic E-state index is 0.237. The Morgan fingerprint density at radius 2 is 1.89 bits per heavy atom. The van der Waals surface area contributed by atoms with E-state index < -0.39 is 11.6 Å². The molecule has 1 aliphatic rings. The molecule has 0 bridgehead atoms. The fourth-order valence-corrected chi connectivity index (χ4v) is 1.84. The van der Waals surface area contributed by atoms with Crippen LogP contribution in [0.5, 0.6) is 5.75 Å². The van der Waals surface area contributed by atoms with Crippen molar-refractivity contribution in [3.05, 3.63) is 29.3 Å². The van der Waals surface area contributed by atoms with Crippen LogP contribution in [0.1, 0.15) is 32.3 Å². The van der Waals surface area contributed by atoms with E-state index >= 15 is 0 Å². The first kappa shape index (κ1) is 14.3. The van der Waals surface area contributed by atoms with Gasteiger partial charge in [0.2, 0.25) is 0 Å². The van der Waals surface area contributed by atoms with Crippen LogP contribution in [0.25, 0.3) is 0 Å². The minimum Gasteiger partial charge on any atom is -0.487 e. The van der Waals surface area contributed by atoms with Gasteiger partial charge in [-0.25, -0.2) is 8.78 Å². The van der Waals surface area contributed by atoms with E-state index in [4.69, 9.17) is 4.74 Å². The Morgan fingerprint density at radius 1 is 1.26 bits per heavy atom. The highest BCUT2D eigenvalue weighted by molar-refractivity contribution is 5.31. The van der Waals surface area contributed by atoms with Crippen LogP contribution < -0.4 is 10.1 Å². The fraction of sp³-hybridized carbons (Fsp3) is 0.600. The average Bonchev–Trinajstić information content (AvgIpc) is 3.11. The second-order valence-corrected chi connectivity index (χ2v) is 5.67. The van der Waals surface area contributed by atoms with Crippen LogP contribution in [0.3, 0.4) is 0 Å². The second kappa shape index (κ2) is 6.33. The molecule has 0 unspecified atom stereocenters. The van der Waals surface area contributed by atoms with Gasteiger partial charge in [0.15, 0.2) is 17.4 Å². The van der Waals surface area contributed by atoms with Gasteiger partial charge in [-0.05, 0) is 48.9 Å². The molecule has 19 heavy (non-hydrogen) atoms. The molecule has 0 aromatic heterocycles. The van der Waals surface area contributed by atoms with E-state index in [0.29, 0.717) is 30.6 Å². The van der Waals surface area contributed by atoms with Crippen LogP contribution in [0.15, 0.2) is 12.1 Å². The maximum absolute atomic E-state index is 13.8. The van der Waals surface area contributed by atoms with E-state index in [9.17, 15) is 8.78 Å². The molecule has 106 valence electrons. The van der Waals surface area contributed by atoms with Crippen molar-refractivity contribution in [1.82, 2.24) is 5.32 Å². The van der Waals surface area contributed by atoms with Crippen LogP contribution >= 0.6 is 0 Å². The van der Waals surface area contributed by atoms with Crippen LogP contribution in [0.4, 0.5) is 8.78 Å². The molecule has 0 atom stereocenters. The Morgan fingerprint density at radius 3 is 2.42 bits per heavy atom. The maximum Gasteiger partial charge on any atom is 0.190 e. The lowest BCUT2D eigenvalue weighted by Gasteiger charge is -2.11. The monoisotopic (exact) mass is 269 g/mol. The van der Waals surface area contributed by atoms with Gasteiger partial charge in [-0.3, -0.25) is 0 Å². The predicted octanol–water partition coefficient (Wildman–Crippen LogP) is 3.50. The van der Waals surface area contributed by atoms with Crippen LogP contribution in [-0.4, -0.2) is 13.2 Å². The SMILES string of the molecule is CC(C)CNCc1cc(F)c(OCC2CC2)c(F)c1. The van der Waals surface area contributed by atoms with E-state index in [1.54, 1.807) is 0 Å². The van der Waals surface area contributed by atoms with Crippen LogP contribution in [0.2, 0.25) is 0 Å². The third kappa shape index (κ3) is 4.46. The van der Waals surface area contributed by atoms with Crippen molar-refractivity contribution in [2.75, 3.05) is 13.2 Å². The van der Waals surface area contributed by atoms with Crippen molar-refractivity contribution in [2.24, 2.45) is 11.8 Å². The van der Waals surface area contributed by atoms with Gasteiger partial charge in [-0.2, -0.15) is 0 Å². The molecule has 0 amide bonds. The molecule has 0 radical (unpaired) electrons. The molecule has 2 nitrogen and oxygen atoms in total. The standard InChI is InChI=1S/C15H21F2NO/c1-10(2)7-18-8-12-5-13(16)15(14(17)6-12)19-9-11-3-4-11/h5-6,10-11,18H,3-4,7-9H2,1-2H3. The Labute approximate surface area is 113 Å². The van der Waals surface area contributed by atoms with Crippen molar-refractivity contribution in [3.63, 3.8) is 0 Å². The number of ether oxygens (including phenoxy) is 1. The van der Waals surface area contributed by atoms with Crippen molar-refractivity contribution in [2.45, 2.75) is 33.2 Å². The maximum atomic E-state index is 13.8. The Hall–Kier alpha value is -1.16. The summed E-state index contributed by atoms with van der Waals surface area (Å²) in [6, 6.07) is 2.69. The van der Waals surface area contributed by atoms with Crippen LogP contribution in [0, 0.1) is 23.5 Å². The molecule has 0 aliphatic heterocycles. The summed E-state index contributed by atoms with van der Waals surface area (Å²) in [5.74, 6) is -0.467. The molecule has 0 heterocycles. The summed E-state index contributed by atoms with van der Waals surface area (Å²) in [7, 11) is 0. The van der Waals surface area contributed by atoms with Crippen molar-refractivity contribution >= 4 is 0 Å². The number of rotatable bonds is 7. The summed E-state index contributed by atoms with van der Waals surface area (Å²) < 4.78 is 32.8. The Balaban J connectivity index is 1.94. The normalized spacial score (nSPS) is 15.0. The highest BCUT2D eigenvalue weighted by Crippen LogP contribution is 2.31. The molecular formula is C15H21F2NO. The van der Waals surface area contributed by atoms with E-state index in [1.165, 1.54) is 12.1 Å². The first-order valence-electron chi connectivity index (χ1n) is 6.87. The summed E-state index contributed by atoms with van der Waals surface area (Å²) in [6.45, 7) is 5.88. The topological polar surface area (TPSA) is 21.3 Å². The Bertz CT molecular complexity index is 407. The fourth-order valence-electron chi connectivity index (χ4n) is 1.84. The Kier molecular flexibility index (Phi) is 4.75. The third-order valence-corrected chi connectivity index (χ3v) is 3.10. The highest BCUT2D eigenvalue weighted by Gasteiger charge is 2.23. The van der Waals surface area contributed by atoms with Crippen LogP contribution in [-0.2, 0) is 6.54 Å². The molecule has 0 saturated heterocycles. The lowest BCUT2D eigenvalue weighted by Crippen LogP contribution is -2.19. The molecule has 1 N–H and O–H groups in total. The van der Waals surface area contributed by atoms with Gasteiger partial charge in [0.1, 0.15) is 0 Å². The van der Waals surface area contributed by atoms with Gasteiger partial charge in [0, 0.05) is 6.54 Å². The molecule has 1 saturated carbocycles. The number of halogens is 2. The number of nitrogens with one attached hydrogen (secondary N) is 1. The zero-order valence-electron chi connectivity index (χ0n) is 11.5. The smallest absolute Gasteiger partial charge is 0.190 e. The highest BCUT2D eigenvalue weighted by atomic mass is 19.1. The second-order valence-electron chi connectivity index (χ2n) is 5.67. The lowest BCUT2D eigenvalue weighted by molar-refractivity contribution is 0.270. The molecule has 4 heteroatoms. The molecule has 1 fully saturated rings. The summed E-state index contributed by atoms with van der Waals surface area (Å²) in [5.41, 5.74) is 0.606. The quantitative estimate of drug-likeness (QED) is 0.818. The van der Waals surface area contributed by atoms with Gasteiger partial charge < -0.3 is 10.1 Å². The molecule has 1 aromatic rings. The first-order valence-corrected chi connectivity index (χ1v) is 6.87. The van der Waals surface area contributed by atoms with Crippen molar-refractivity contribution < 1.29 is 13.5 Å². The zero-order valence-corrected chi connectivity index (χ0v) is 11.5. The van der Waals surface area contributed by atoms with Crippen molar-refractivity contribution in [1.29, 1.82) is 0 Å². The third-order valence-electron chi connectivity index (χ3n) is 3.10. The van der Waals surface area contributed by atoms with Gasteiger partial charge >= 0.3 is 0 Å². The van der Waals surface area contributed by atoms with Gasteiger partial charge in [0.25, 0.3) is 0 Å². The molecule has 0 spiro atoms. The number of hydrogen-bond acceptors (Lipinski definition) is 2. The predicted molar refractivity (Wildman–Crippen MR) is 71.1 cm³/mol. The largest absolute Gasteiger partial charge is 0.487 e. The van der Waals surface area contributed by atoms with E-state index in [1.807, 2.05) is 0 Å². The summed E-state index contributed by atoms with van der Waals surface area (Å²) >= 11 is 0. The minimum atomic E-state index is -0.609. The summed E-state index contributed by atoms with van der Waals surface area (Å²) in [4.78, 5) is 0. The first-order chi connectivity index (χ1) is 9.06. The van der Waals surface area contributed by atoms with Crippen molar-refractivity contribution in [3.8, 4) is 5.75 Å². The average molecular weight is 269 g/mol. The van der Waals surface area contributed by atoms with E-state index in [-0.39, 0.29) is 5.75 Å². The zero-order chi connectivity index (χ0) is 13.8. The summed E-state index contributed by atoms with van der Waals surface area (Å²) in [6.07, 6.45) is 2.20. The molecule has 1 aromatic carbocycles. The lowest BCUT2D eigenvalue weighted by atomic mass is 10.1. The number of hydrogen-bond donors (Lipinski definition) is 1. The number of benzene rings is 1. The van der Waals surface area contributed by atoms with Gasteiger partial charge in [-0.1, -0.05) is 13.8 Å². The molecule has 2 rings (SSSR count). The van der Waals surface area contributed by atoms with Gasteiger partial charge in [0.05, 0.1) is 6.61 Å². The van der Waals surface area contributed by atoms with Gasteiger partial charge in [-0.15, -0.1) is 0 Å². The van der Waals surface area contributed by atoms with E-state index in [2.05, 4.69) is 19.2 Å².